The minimum absolute atomic E-state index is 0.0132. The summed E-state index contributed by atoms with van der Waals surface area (Å²) in [5.74, 6) is 0.0132. The van der Waals surface area contributed by atoms with Gasteiger partial charge in [-0.15, -0.1) is 0 Å². The largest absolute Gasteiger partial charge is 0.397 e. The van der Waals surface area contributed by atoms with E-state index in [-0.39, 0.29) is 5.91 Å². The normalized spacial score (nSPS) is 20.0. The summed E-state index contributed by atoms with van der Waals surface area (Å²) in [7, 11) is 0. The van der Waals surface area contributed by atoms with Crippen LogP contribution < -0.4 is 11.1 Å². The molecule has 2 rings (SSSR count). The third-order valence-electron chi connectivity index (χ3n) is 3.52. The lowest BCUT2D eigenvalue weighted by atomic mass is 10.2. The lowest BCUT2D eigenvalue weighted by Gasteiger charge is -2.20. The van der Waals surface area contributed by atoms with Gasteiger partial charge in [-0.05, 0) is 50.9 Å². The maximum absolute atomic E-state index is 11.9. The lowest BCUT2D eigenvalue weighted by molar-refractivity contribution is -0.117. The number of nitrogens with one attached hydrogen (secondary N) is 1. The van der Waals surface area contributed by atoms with Crippen molar-refractivity contribution >= 4 is 17.3 Å². The van der Waals surface area contributed by atoms with E-state index in [1.807, 2.05) is 25.1 Å². The topological polar surface area (TPSA) is 58.4 Å². The molecule has 1 unspecified atom stereocenters. The van der Waals surface area contributed by atoms with Gasteiger partial charge in [0.1, 0.15) is 0 Å². The van der Waals surface area contributed by atoms with Crippen LogP contribution in [0.1, 0.15) is 25.3 Å². The number of nitrogens with zero attached hydrogens (tertiary/aromatic N) is 1. The molecule has 4 nitrogen and oxygen atoms in total. The first-order chi connectivity index (χ1) is 8.56. The van der Waals surface area contributed by atoms with Crippen LogP contribution in [-0.2, 0) is 4.79 Å². The minimum atomic E-state index is 0.0132. The number of carbonyl (C=O) groups is 1. The van der Waals surface area contributed by atoms with Gasteiger partial charge < -0.3 is 11.1 Å². The van der Waals surface area contributed by atoms with E-state index in [1.165, 1.54) is 12.8 Å². The Morgan fingerprint density at radius 2 is 2.33 bits per heavy atom. The summed E-state index contributed by atoms with van der Waals surface area (Å²) in [6, 6.07) is 6.18. The summed E-state index contributed by atoms with van der Waals surface area (Å²) in [5.41, 5.74) is 8.30. The Bertz CT molecular complexity index is 445. The van der Waals surface area contributed by atoms with Crippen molar-refractivity contribution in [3.8, 4) is 0 Å². The van der Waals surface area contributed by atoms with Gasteiger partial charge in [0.15, 0.2) is 0 Å². The van der Waals surface area contributed by atoms with Crippen LogP contribution in [-0.4, -0.2) is 29.9 Å². The van der Waals surface area contributed by atoms with E-state index in [0.29, 0.717) is 24.0 Å². The van der Waals surface area contributed by atoms with Crippen LogP contribution in [0.15, 0.2) is 18.2 Å². The molecule has 0 bridgehead atoms. The quantitative estimate of drug-likeness (QED) is 0.803. The zero-order valence-electron chi connectivity index (χ0n) is 11.1. The Kier molecular flexibility index (Phi) is 3.87. The number of aryl methyl sites for hydroxylation is 1. The number of benzene rings is 1. The number of carbonyl (C=O) groups excluding carboxylic acids is 1. The van der Waals surface area contributed by atoms with E-state index >= 15 is 0 Å². The molecule has 1 aliphatic rings. The number of rotatable bonds is 3. The van der Waals surface area contributed by atoms with Crippen LogP contribution in [0.4, 0.5) is 11.4 Å². The van der Waals surface area contributed by atoms with Gasteiger partial charge in [-0.3, -0.25) is 9.69 Å². The van der Waals surface area contributed by atoms with Gasteiger partial charge in [-0.1, -0.05) is 6.07 Å². The molecular formula is C14H21N3O. The Morgan fingerprint density at radius 1 is 1.56 bits per heavy atom. The summed E-state index contributed by atoms with van der Waals surface area (Å²) >= 11 is 0. The van der Waals surface area contributed by atoms with E-state index in [9.17, 15) is 4.79 Å². The number of amides is 1. The molecule has 0 aromatic heterocycles. The van der Waals surface area contributed by atoms with Crippen LogP contribution in [0.5, 0.6) is 0 Å². The Hall–Kier alpha value is -1.55. The van der Waals surface area contributed by atoms with Crippen molar-refractivity contribution in [2.24, 2.45) is 0 Å². The van der Waals surface area contributed by atoms with Crippen LogP contribution in [0.25, 0.3) is 0 Å². The van der Waals surface area contributed by atoms with Crippen LogP contribution in [0.3, 0.4) is 0 Å². The maximum Gasteiger partial charge on any atom is 0.238 e. The third-order valence-corrected chi connectivity index (χ3v) is 3.52. The number of nitrogens with two attached hydrogens (primary N) is 1. The Labute approximate surface area is 108 Å². The van der Waals surface area contributed by atoms with Crippen molar-refractivity contribution in [2.75, 3.05) is 24.1 Å². The summed E-state index contributed by atoms with van der Waals surface area (Å²) < 4.78 is 0. The molecule has 18 heavy (non-hydrogen) atoms. The molecule has 1 aliphatic heterocycles. The van der Waals surface area contributed by atoms with Crippen molar-refractivity contribution in [3.05, 3.63) is 23.8 Å². The highest BCUT2D eigenvalue weighted by Gasteiger charge is 2.22. The van der Waals surface area contributed by atoms with Gasteiger partial charge in [0.2, 0.25) is 5.91 Å². The monoisotopic (exact) mass is 247 g/mol. The maximum atomic E-state index is 11.9. The van der Waals surface area contributed by atoms with Gasteiger partial charge in [0, 0.05) is 6.04 Å². The molecule has 1 heterocycles. The van der Waals surface area contributed by atoms with Crippen molar-refractivity contribution < 1.29 is 4.79 Å². The molecule has 0 spiro atoms. The summed E-state index contributed by atoms with van der Waals surface area (Å²) in [6.45, 7) is 5.61. The van der Waals surface area contributed by atoms with E-state index in [0.717, 1.165) is 12.1 Å². The van der Waals surface area contributed by atoms with Crippen molar-refractivity contribution in [1.29, 1.82) is 0 Å². The van der Waals surface area contributed by atoms with Gasteiger partial charge in [-0.2, -0.15) is 0 Å². The molecular weight excluding hydrogens is 226 g/mol. The molecule has 1 aromatic rings. The lowest BCUT2D eigenvalue weighted by Crippen LogP contribution is -2.35. The SMILES string of the molecule is Cc1ccc(NC(=O)CN2CCCC2C)c(N)c1. The minimum Gasteiger partial charge on any atom is -0.397 e. The molecule has 3 N–H and O–H groups in total. The van der Waals surface area contributed by atoms with Crippen molar-refractivity contribution in [2.45, 2.75) is 32.7 Å². The van der Waals surface area contributed by atoms with Gasteiger partial charge >= 0.3 is 0 Å². The fourth-order valence-electron chi connectivity index (χ4n) is 2.40. The molecule has 1 saturated heterocycles. The molecule has 0 radical (unpaired) electrons. The van der Waals surface area contributed by atoms with Gasteiger partial charge in [-0.25, -0.2) is 0 Å². The molecule has 1 amide bonds. The number of nitrogen functional groups attached to an aromatic ring is 1. The number of hydrogen-bond donors (Lipinski definition) is 2. The first-order valence-corrected chi connectivity index (χ1v) is 6.46. The summed E-state index contributed by atoms with van der Waals surface area (Å²) in [6.07, 6.45) is 2.36. The van der Waals surface area contributed by atoms with Crippen molar-refractivity contribution in [1.82, 2.24) is 4.90 Å². The Morgan fingerprint density at radius 3 is 2.94 bits per heavy atom. The van der Waals surface area contributed by atoms with E-state index in [4.69, 9.17) is 5.73 Å². The van der Waals surface area contributed by atoms with E-state index in [1.54, 1.807) is 0 Å². The highest BCUT2D eigenvalue weighted by Crippen LogP contribution is 2.20. The summed E-state index contributed by atoms with van der Waals surface area (Å²) in [4.78, 5) is 14.2. The van der Waals surface area contributed by atoms with E-state index < -0.39 is 0 Å². The molecule has 98 valence electrons. The smallest absolute Gasteiger partial charge is 0.238 e. The van der Waals surface area contributed by atoms with E-state index in [2.05, 4.69) is 17.1 Å². The standard InChI is InChI=1S/C14H21N3O/c1-10-5-6-13(12(15)8-10)16-14(18)9-17-7-3-4-11(17)2/h5-6,8,11H,3-4,7,9,15H2,1-2H3,(H,16,18). The molecule has 0 saturated carbocycles. The predicted octanol–water partition coefficient (Wildman–Crippen LogP) is 2.00. The number of anilines is 2. The van der Waals surface area contributed by atoms with Crippen LogP contribution >= 0.6 is 0 Å². The zero-order chi connectivity index (χ0) is 13.1. The average Bonchev–Trinajstić information content (AvgIpc) is 2.69. The van der Waals surface area contributed by atoms with Crippen LogP contribution in [0.2, 0.25) is 0 Å². The van der Waals surface area contributed by atoms with Crippen molar-refractivity contribution in [3.63, 3.8) is 0 Å². The van der Waals surface area contributed by atoms with Gasteiger partial charge in [0.05, 0.1) is 17.9 Å². The highest BCUT2D eigenvalue weighted by molar-refractivity contribution is 5.95. The molecule has 1 aromatic carbocycles. The molecule has 1 fully saturated rings. The number of likely N-dealkylation sites (tertiary alicyclic amines) is 1. The van der Waals surface area contributed by atoms with Crippen LogP contribution in [0, 0.1) is 6.92 Å². The summed E-state index contributed by atoms with van der Waals surface area (Å²) in [5, 5.41) is 2.88. The first kappa shape index (κ1) is 12.9. The number of hydrogen-bond acceptors (Lipinski definition) is 3. The fourth-order valence-corrected chi connectivity index (χ4v) is 2.40. The second kappa shape index (κ2) is 5.40. The average molecular weight is 247 g/mol. The third kappa shape index (κ3) is 3.01. The molecule has 4 heteroatoms. The van der Waals surface area contributed by atoms with Gasteiger partial charge in [0.25, 0.3) is 0 Å². The second-order valence-electron chi connectivity index (χ2n) is 5.10. The highest BCUT2D eigenvalue weighted by atomic mass is 16.2. The predicted molar refractivity (Wildman–Crippen MR) is 74.5 cm³/mol. The Balaban J connectivity index is 1.94. The fraction of sp³-hybridized carbons (Fsp3) is 0.500. The zero-order valence-corrected chi connectivity index (χ0v) is 11.1. The molecule has 0 aliphatic carbocycles. The molecule has 1 atom stereocenters. The first-order valence-electron chi connectivity index (χ1n) is 6.46. The second-order valence-corrected chi connectivity index (χ2v) is 5.10.